The molecule has 11 heteroatoms. The molecule has 0 aliphatic carbocycles. The molecule has 1 aromatic carbocycles. The van der Waals surface area contributed by atoms with Crippen LogP contribution < -0.4 is 10.1 Å². The molecule has 1 amide bonds. The SMILES string of the molecule is COCc1nc(OC)c2c(C)c(C(=O)NC(c3ccc(F)cc3)C(F)(F)F)sc2n1. The maximum Gasteiger partial charge on any atom is 0.412 e. The zero-order valence-corrected chi connectivity index (χ0v) is 16.9. The smallest absolute Gasteiger partial charge is 0.412 e. The summed E-state index contributed by atoms with van der Waals surface area (Å²) < 4.78 is 64.1. The Morgan fingerprint density at radius 3 is 2.43 bits per heavy atom. The van der Waals surface area contributed by atoms with Gasteiger partial charge < -0.3 is 14.8 Å². The average molecular weight is 443 g/mol. The molecule has 0 aliphatic heterocycles. The lowest BCUT2D eigenvalue weighted by molar-refractivity contribution is -0.155. The van der Waals surface area contributed by atoms with Gasteiger partial charge in [0.15, 0.2) is 11.9 Å². The van der Waals surface area contributed by atoms with Gasteiger partial charge in [0.25, 0.3) is 5.91 Å². The van der Waals surface area contributed by atoms with Crippen LogP contribution in [0.2, 0.25) is 0 Å². The number of nitrogens with zero attached hydrogens (tertiary/aromatic N) is 2. The summed E-state index contributed by atoms with van der Waals surface area (Å²) in [7, 11) is 2.86. The summed E-state index contributed by atoms with van der Waals surface area (Å²) in [5.41, 5.74) is 0.115. The largest absolute Gasteiger partial charge is 0.480 e. The number of fused-ring (bicyclic) bond motifs is 1. The monoisotopic (exact) mass is 443 g/mol. The Labute approximate surface area is 172 Å². The molecule has 0 fully saturated rings. The number of ether oxygens (including phenoxy) is 2. The lowest BCUT2D eigenvalue weighted by atomic mass is 10.1. The average Bonchev–Trinajstić information content (AvgIpc) is 3.02. The first-order valence-corrected chi connectivity index (χ1v) is 9.43. The minimum absolute atomic E-state index is 0.0449. The predicted octanol–water partition coefficient (Wildman–Crippen LogP) is 4.33. The van der Waals surface area contributed by atoms with Crippen molar-refractivity contribution in [2.24, 2.45) is 0 Å². The van der Waals surface area contributed by atoms with Gasteiger partial charge in [0.1, 0.15) is 17.3 Å². The van der Waals surface area contributed by atoms with Crippen molar-refractivity contribution in [2.45, 2.75) is 25.7 Å². The maximum atomic E-state index is 13.6. The van der Waals surface area contributed by atoms with Crippen molar-refractivity contribution in [3.05, 3.63) is 51.9 Å². The Morgan fingerprint density at radius 2 is 1.87 bits per heavy atom. The first-order chi connectivity index (χ1) is 14.2. The van der Waals surface area contributed by atoms with Gasteiger partial charge >= 0.3 is 6.18 Å². The molecule has 0 radical (unpaired) electrons. The number of carbonyl (C=O) groups is 1. The van der Waals surface area contributed by atoms with Crippen molar-refractivity contribution in [3.8, 4) is 5.88 Å². The van der Waals surface area contributed by atoms with Crippen molar-refractivity contribution in [1.29, 1.82) is 0 Å². The van der Waals surface area contributed by atoms with Crippen molar-refractivity contribution >= 4 is 27.5 Å². The van der Waals surface area contributed by atoms with E-state index in [9.17, 15) is 22.4 Å². The Kier molecular flexibility index (Phi) is 6.22. The maximum absolute atomic E-state index is 13.6. The second kappa shape index (κ2) is 8.52. The molecule has 1 unspecified atom stereocenters. The van der Waals surface area contributed by atoms with Gasteiger partial charge in [0.05, 0.1) is 17.4 Å². The van der Waals surface area contributed by atoms with E-state index >= 15 is 0 Å². The number of hydrogen-bond donors (Lipinski definition) is 1. The molecule has 1 N–H and O–H groups in total. The van der Waals surface area contributed by atoms with Gasteiger partial charge in [-0.15, -0.1) is 11.3 Å². The number of rotatable bonds is 6. The predicted molar refractivity (Wildman–Crippen MR) is 102 cm³/mol. The highest BCUT2D eigenvalue weighted by molar-refractivity contribution is 7.20. The highest BCUT2D eigenvalue weighted by Crippen LogP contribution is 2.37. The lowest BCUT2D eigenvalue weighted by Crippen LogP contribution is -2.38. The fraction of sp³-hybridized carbons (Fsp3) is 0.316. The molecular formula is C19H17F4N3O3S. The van der Waals surface area contributed by atoms with Crippen LogP contribution in [0.5, 0.6) is 5.88 Å². The number of hydrogen-bond acceptors (Lipinski definition) is 6. The molecule has 0 saturated heterocycles. The van der Waals surface area contributed by atoms with Gasteiger partial charge in [-0.25, -0.2) is 9.37 Å². The molecule has 0 aliphatic rings. The number of aryl methyl sites for hydroxylation is 1. The third-order valence-corrected chi connectivity index (χ3v) is 5.47. The first kappa shape index (κ1) is 21.9. The van der Waals surface area contributed by atoms with Crippen LogP contribution in [-0.4, -0.2) is 36.3 Å². The number of amides is 1. The van der Waals surface area contributed by atoms with E-state index in [1.54, 1.807) is 6.92 Å². The van der Waals surface area contributed by atoms with Crippen LogP contribution in [-0.2, 0) is 11.3 Å². The van der Waals surface area contributed by atoms with Crippen molar-refractivity contribution < 1.29 is 31.8 Å². The summed E-state index contributed by atoms with van der Waals surface area (Å²) in [4.78, 5) is 21.7. The van der Waals surface area contributed by atoms with Crippen LogP contribution in [0.4, 0.5) is 17.6 Å². The second-order valence-electron chi connectivity index (χ2n) is 6.32. The van der Waals surface area contributed by atoms with Crippen LogP contribution in [0.3, 0.4) is 0 Å². The molecule has 1 atom stereocenters. The van der Waals surface area contributed by atoms with E-state index in [4.69, 9.17) is 9.47 Å². The van der Waals surface area contributed by atoms with E-state index in [1.165, 1.54) is 14.2 Å². The number of thiophene rings is 1. The molecule has 160 valence electrons. The fourth-order valence-electron chi connectivity index (χ4n) is 2.91. The number of benzene rings is 1. The third-order valence-electron chi connectivity index (χ3n) is 4.28. The second-order valence-corrected chi connectivity index (χ2v) is 7.32. The number of nitrogens with one attached hydrogen (secondary N) is 1. The molecule has 6 nitrogen and oxygen atoms in total. The molecule has 0 bridgehead atoms. The van der Waals surface area contributed by atoms with Crippen LogP contribution in [0.25, 0.3) is 10.2 Å². The van der Waals surface area contributed by atoms with Crippen LogP contribution >= 0.6 is 11.3 Å². The Bertz CT molecular complexity index is 1070. The molecule has 2 heterocycles. The molecule has 2 aromatic heterocycles. The number of aromatic nitrogens is 2. The molecule has 30 heavy (non-hydrogen) atoms. The minimum atomic E-state index is -4.78. The molecule has 0 saturated carbocycles. The fourth-order valence-corrected chi connectivity index (χ4v) is 4.00. The van der Waals surface area contributed by atoms with Crippen LogP contribution in [0.1, 0.15) is 32.7 Å². The summed E-state index contributed by atoms with van der Waals surface area (Å²) in [5.74, 6) is -1.10. The normalized spacial score (nSPS) is 12.8. The zero-order chi connectivity index (χ0) is 22.1. The standard InChI is InChI=1S/C19H17F4N3O3S/c1-9-13-17(29-3)24-12(8-28-2)25-18(13)30-14(9)16(27)26-15(19(21,22)23)10-4-6-11(20)7-5-10/h4-7,15H,8H2,1-3H3,(H,26,27). The van der Waals surface area contributed by atoms with Gasteiger partial charge in [-0.2, -0.15) is 18.2 Å². The lowest BCUT2D eigenvalue weighted by Gasteiger charge is -2.22. The first-order valence-electron chi connectivity index (χ1n) is 8.61. The third kappa shape index (κ3) is 4.36. The van der Waals surface area contributed by atoms with Crippen molar-refractivity contribution in [1.82, 2.24) is 15.3 Å². The molecular weight excluding hydrogens is 426 g/mol. The van der Waals surface area contributed by atoms with Gasteiger partial charge in [-0.05, 0) is 30.2 Å². The molecule has 0 spiro atoms. The number of halogens is 4. The van der Waals surface area contributed by atoms with Crippen LogP contribution in [0.15, 0.2) is 24.3 Å². The van der Waals surface area contributed by atoms with E-state index < -0.39 is 23.9 Å². The van der Waals surface area contributed by atoms with Gasteiger partial charge in [-0.3, -0.25) is 4.79 Å². The van der Waals surface area contributed by atoms with E-state index in [-0.39, 0.29) is 22.9 Å². The zero-order valence-electron chi connectivity index (χ0n) is 16.1. The molecule has 3 rings (SSSR count). The number of carbonyl (C=O) groups excluding carboxylic acids is 1. The van der Waals surface area contributed by atoms with E-state index in [0.717, 1.165) is 35.6 Å². The topological polar surface area (TPSA) is 73.3 Å². The Hall–Kier alpha value is -2.79. The van der Waals surface area contributed by atoms with E-state index in [2.05, 4.69) is 9.97 Å². The quantitative estimate of drug-likeness (QED) is 0.575. The van der Waals surface area contributed by atoms with Crippen molar-refractivity contribution in [3.63, 3.8) is 0 Å². The van der Waals surface area contributed by atoms with E-state index in [0.29, 0.717) is 21.6 Å². The minimum Gasteiger partial charge on any atom is -0.480 e. The molecule has 3 aromatic rings. The van der Waals surface area contributed by atoms with Crippen LogP contribution in [0, 0.1) is 12.7 Å². The summed E-state index contributed by atoms with van der Waals surface area (Å²) in [6.07, 6.45) is -4.78. The highest BCUT2D eigenvalue weighted by atomic mass is 32.1. The Morgan fingerprint density at radius 1 is 1.20 bits per heavy atom. The summed E-state index contributed by atoms with van der Waals surface area (Å²) in [5, 5.41) is 2.44. The van der Waals surface area contributed by atoms with Gasteiger partial charge in [0.2, 0.25) is 5.88 Å². The number of methoxy groups -OCH3 is 2. The van der Waals surface area contributed by atoms with Gasteiger partial charge in [-0.1, -0.05) is 12.1 Å². The highest BCUT2D eigenvalue weighted by Gasteiger charge is 2.42. The Balaban J connectivity index is 2.00. The van der Waals surface area contributed by atoms with E-state index in [1.807, 2.05) is 5.32 Å². The summed E-state index contributed by atoms with van der Waals surface area (Å²) in [6, 6.07) is 1.48. The number of alkyl halides is 3. The van der Waals surface area contributed by atoms with Gasteiger partial charge in [0, 0.05) is 7.11 Å². The summed E-state index contributed by atoms with van der Waals surface area (Å²) in [6.45, 7) is 1.68. The van der Waals surface area contributed by atoms with Crippen molar-refractivity contribution in [2.75, 3.05) is 14.2 Å². The summed E-state index contributed by atoms with van der Waals surface area (Å²) >= 11 is 0.926.